The first kappa shape index (κ1) is 23.2. The molecule has 1 unspecified atom stereocenters. The normalized spacial score (nSPS) is 12.5. The van der Waals surface area contributed by atoms with E-state index in [1.165, 1.54) is 12.1 Å². The number of halogens is 3. The summed E-state index contributed by atoms with van der Waals surface area (Å²) in [5.74, 6) is 0. The number of anilines is 2. The smallest absolute Gasteiger partial charge is 0.394 e. The molecule has 4 rings (SSSR count). The summed E-state index contributed by atoms with van der Waals surface area (Å²) < 4.78 is 40.1. The lowest BCUT2D eigenvalue weighted by molar-refractivity contribution is -0.137. The maximum atomic E-state index is 12.8. The van der Waals surface area contributed by atoms with E-state index >= 15 is 0 Å². The molecule has 0 fully saturated rings. The molecule has 0 spiro atoms. The minimum atomic E-state index is -4.50. The number of amides is 2. The molecule has 1 atom stereocenters. The van der Waals surface area contributed by atoms with Crippen LogP contribution in [0.1, 0.15) is 5.56 Å². The third kappa shape index (κ3) is 5.16. The molecular formula is C23H20F3N5O3. The maximum absolute atomic E-state index is 12.8. The van der Waals surface area contributed by atoms with Gasteiger partial charge in [0, 0.05) is 28.5 Å². The van der Waals surface area contributed by atoms with Gasteiger partial charge >= 0.3 is 12.2 Å². The Morgan fingerprint density at radius 2 is 1.76 bits per heavy atom. The van der Waals surface area contributed by atoms with E-state index in [2.05, 4.69) is 20.7 Å². The number of aromatic nitrogens is 3. The van der Waals surface area contributed by atoms with Crippen LogP contribution < -0.4 is 10.6 Å². The summed E-state index contributed by atoms with van der Waals surface area (Å²) >= 11 is 0. The molecule has 0 aliphatic heterocycles. The standard InChI is InChI=1S/C23H20F3N5O3/c24-23(25,26)15-2-1-3-17(8-15)30-22(34)29-16-6-4-14(5-7-16)19-9-27-11-21-20(19)10-28-31(21)12-18(33)13-32/h1-11,18,32-33H,12-13H2,(H2,29,30,34). The Bertz CT molecular complexity index is 1310. The number of fused-ring (bicyclic) bond motifs is 1. The number of carbonyl (C=O) groups is 1. The Balaban J connectivity index is 1.48. The highest BCUT2D eigenvalue weighted by atomic mass is 19.4. The van der Waals surface area contributed by atoms with Crippen molar-refractivity contribution in [1.29, 1.82) is 0 Å². The summed E-state index contributed by atoms with van der Waals surface area (Å²) in [6, 6.07) is 10.5. The van der Waals surface area contributed by atoms with Crippen LogP contribution in [0.25, 0.3) is 22.0 Å². The van der Waals surface area contributed by atoms with Gasteiger partial charge in [-0.3, -0.25) is 9.67 Å². The predicted octanol–water partition coefficient (Wildman–Crippen LogP) is 4.11. The molecular weight excluding hydrogens is 451 g/mol. The fourth-order valence-corrected chi connectivity index (χ4v) is 3.42. The van der Waals surface area contributed by atoms with E-state index in [0.29, 0.717) is 11.2 Å². The lowest BCUT2D eigenvalue weighted by Gasteiger charge is -2.11. The van der Waals surface area contributed by atoms with Crippen LogP contribution >= 0.6 is 0 Å². The minimum absolute atomic E-state index is 0.0185. The molecule has 176 valence electrons. The second-order valence-corrected chi connectivity index (χ2v) is 7.52. The van der Waals surface area contributed by atoms with E-state index in [1.54, 1.807) is 47.5 Å². The number of rotatable bonds is 6. The maximum Gasteiger partial charge on any atom is 0.416 e. The zero-order valence-electron chi connectivity index (χ0n) is 17.6. The summed E-state index contributed by atoms with van der Waals surface area (Å²) in [7, 11) is 0. The number of pyridine rings is 1. The molecule has 2 amide bonds. The van der Waals surface area contributed by atoms with E-state index in [9.17, 15) is 23.1 Å². The Morgan fingerprint density at radius 1 is 1.03 bits per heavy atom. The molecule has 8 nitrogen and oxygen atoms in total. The zero-order chi connectivity index (χ0) is 24.3. The lowest BCUT2D eigenvalue weighted by atomic mass is 10.0. The van der Waals surface area contributed by atoms with Crippen molar-refractivity contribution in [2.45, 2.75) is 18.8 Å². The Labute approximate surface area is 191 Å². The van der Waals surface area contributed by atoms with Gasteiger partial charge in [-0.1, -0.05) is 18.2 Å². The van der Waals surface area contributed by atoms with E-state index in [4.69, 9.17) is 5.11 Å². The molecule has 2 heterocycles. The number of benzene rings is 2. The summed E-state index contributed by atoms with van der Waals surface area (Å²) in [6.07, 6.45) is -0.523. The van der Waals surface area contributed by atoms with Gasteiger partial charge in [-0.05, 0) is 35.9 Å². The quantitative estimate of drug-likeness (QED) is 0.338. The number of alkyl halides is 3. The van der Waals surface area contributed by atoms with Crippen LogP contribution in [0.4, 0.5) is 29.3 Å². The first-order valence-electron chi connectivity index (χ1n) is 10.2. The van der Waals surface area contributed by atoms with Crippen LogP contribution in [0.3, 0.4) is 0 Å². The van der Waals surface area contributed by atoms with Crippen molar-refractivity contribution < 1.29 is 28.2 Å². The van der Waals surface area contributed by atoms with Crippen LogP contribution in [0.2, 0.25) is 0 Å². The van der Waals surface area contributed by atoms with Crippen LogP contribution in [0, 0.1) is 0 Å². The first-order chi connectivity index (χ1) is 16.2. The molecule has 0 saturated carbocycles. The van der Waals surface area contributed by atoms with Gasteiger partial charge in [0.25, 0.3) is 0 Å². The topological polar surface area (TPSA) is 112 Å². The fourth-order valence-electron chi connectivity index (χ4n) is 3.42. The van der Waals surface area contributed by atoms with Gasteiger partial charge in [-0.25, -0.2) is 4.79 Å². The molecule has 0 saturated heterocycles. The highest BCUT2D eigenvalue weighted by Gasteiger charge is 2.30. The van der Waals surface area contributed by atoms with Gasteiger partial charge in [0.15, 0.2) is 0 Å². The molecule has 4 N–H and O–H groups in total. The van der Waals surface area contributed by atoms with Crippen molar-refractivity contribution >= 4 is 28.3 Å². The number of nitrogens with one attached hydrogen (secondary N) is 2. The third-order valence-electron chi connectivity index (χ3n) is 5.07. The summed E-state index contributed by atoms with van der Waals surface area (Å²) in [5, 5.41) is 28.8. The molecule has 4 aromatic rings. The SMILES string of the molecule is O=C(Nc1ccc(-c2cncc3c2cnn3CC(O)CO)cc1)Nc1cccc(C(F)(F)F)c1. The van der Waals surface area contributed by atoms with Crippen molar-refractivity contribution in [2.24, 2.45) is 0 Å². The van der Waals surface area contributed by atoms with Gasteiger partial charge < -0.3 is 20.8 Å². The number of nitrogens with zero attached hydrogens (tertiary/aromatic N) is 3. The summed E-state index contributed by atoms with van der Waals surface area (Å²) in [5.41, 5.74) is 1.87. The Hall–Kier alpha value is -3.96. The summed E-state index contributed by atoms with van der Waals surface area (Å²) in [4.78, 5) is 16.5. The lowest BCUT2D eigenvalue weighted by Crippen LogP contribution is -2.20. The number of hydrogen-bond donors (Lipinski definition) is 4. The molecule has 34 heavy (non-hydrogen) atoms. The average molecular weight is 471 g/mol. The van der Waals surface area contributed by atoms with Gasteiger partial charge in [0.05, 0.1) is 42.7 Å². The van der Waals surface area contributed by atoms with E-state index in [-0.39, 0.29) is 18.8 Å². The monoisotopic (exact) mass is 471 g/mol. The molecule has 2 aromatic carbocycles. The molecule has 2 aromatic heterocycles. The largest absolute Gasteiger partial charge is 0.416 e. The van der Waals surface area contributed by atoms with Gasteiger partial charge in [-0.2, -0.15) is 18.3 Å². The van der Waals surface area contributed by atoms with Gasteiger partial charge in [-0.15, -0.1) is 0 Å². The second kappa shape index (κ2) is 9.49. The van der Waals surface area contributed by atoms with E-state index in [1.807, 2.05) is 0 Å². The number of urea groups is 1. The van der Waals surface area contributed by atoms with E-state index < -0.39 is 23.9 Å². The summed E-state index contributed by atoms with van der Waals surface area (Å²) in [6.45, 7) is -0.265. The highest BCUT2D eigenvalue weighted by Crippen LogP contribution is 2.31. The highest BCUT2D eigenvalue weighted by molar-refractivity contribution is 6.00. The predicted molar refractivity (Wildman–Crippen MR) is 120 cm³/mol. The van der Waals surface area contributed by atoms with Crippen LogP contribution in [-0.4, -0.2) is 43.7 Å². The molecule has 0 aliphatic carbocycles. The molecule has 11 heteroatoms. The van der Waals surface area contributed by atoms with Gasteiger partial charge in [0.2, 0.25) is 0 Å². The minimum Gasteiger partial charge on any atom is -0.394 e. The number of hydrogen-bond acceptors (Lipinski definition) is 5. The third-order valence-corrected chi connectivity index (χ3v) is 5.07. The zero-order valence-corrected chi connectivity index (χ0v) is 17.6. The Kier molecular flexibility index (Phi) is 6.48. The van der Waals surface area contributed by atoms with Crippen LogP contribution in [-0.2, 0) is 12.7 Å². The van der Waals surface area contributed by atoms with Crippen molar-refractivity contribution in [3.63, 3.8) is 0 Å². The second-order valence-electron chi connectivity index (χ2n) is 7.52. The van der Waals surface area contributed by atoms with E-state index in [0.717, 1.165) is 28.6 Å². The van der Waals surface area contributed by atoms with Crippen LogP contribution in [0.15, 0.2) is 67.1 Å². The Morgan fingerprint density at radius 3 is 2.47 bits per heavy atom. The van der Waals surface area contributed by atoms with Crippen molar-refractivity contribution in [3.05, 3.63) is 72.7 Å². The van der Waals surface area contributed by atoms with Crippen LogP contribution in [0.5, 0.6) is 0 Å². The molecule has 0 bridgehead atoms. The first-order valence-corrected chi connectivity index (χ1v) is 10.2. The molecule has 0 aliphatic rings. The number of carbonyl (C=O) groups excluding carboxylic acids is 1. The fraction of sp³-hybridized carbons (Fsp3) is 0.174. The molecule has 0 radical (unpaired) electrons. The average Bonchev–Trinajstić information content (AvgIpc) is 3.22. The van der Waals surface area contributed by atoms with Gasteiger partial charge in [0.1, 0.15) is 0 Å². The van der Waals surface area contributed by atoms with Crippen molar-refractivity contribution in [3.8, 4) is 11.1 Å². The number of aliphatic hydroxyl groups is 2. The van der Waals surface area contributed by atoms with Crippen molar-refractivity contribution in [1.82, 2.24) is 14.8 Å². The van der Waals surface area contributed by atoms with Crippen molar-refractivity contribution in [2.75, 3.05) is 17.2 Å². The number of aliphatic hydroxyl groups excluding tert-OH is 2.